The van der Waals surface area contributed by atoms with Crippen LogP contribution < -0.4 is 10.2 Å². The van der Waals surface area contributed by atoms with Crippen LogP contribution in [-0.4, -0.2) is 25.1 Å². The molecule has 112 valence electrons. The minimum Gasteiger partial charge on any atom is -0.356 e. The van der Waals surface area contributed by atoms with Gasteiger partial charge in [-0.05, 0) is 36.3 Å². The zero-order chi connectivity index (χ0) is 14.9. The number of aromatic nitrogens is 1. The molecule has 21 heavy (non-hydrogen) atoms. The van der Waals surface area contributed by atoms with Crippen LogP contribution in [0.3, 0.4) is 0 Å². The van der Waals surface area contributed by atoms with Crippen molar-refractivity contribution in [1.29, 1.82) is 0 Å². The molecule has 1 aliphatic heterocycles. The first-order chi connectivity index (χ1) is 10.1. The molecule has 1 fully saturated rings. The summed E-state index contributed by atoms with van der Waals surface area (Å²) in [7, 11) is 1.98. The first-order valence-corrected chi connectivity index (χ1v) is 7.87. The molecule has 1 aliphatic rings. The van der Waals surface area contributed by atoms with Crippen molar-refractivity contribution in [2.75, 3.05) is 25.0 Å². The second kappa shape index (κ2) is 5.64. The van der Waals surface area contributed by atoms with Crippen molar-refractivity contribution in [2.45, 2.75) is 33.2 Å². The molecule has 3 rings (SSSR count). The number of nitrogens with zero attached hydrogens (tertiary/aromatic N) is 2. The van der Waals surface area contributed by atoms with Crippen LogP contribution in [0.25, 0.3) is 10.8 Å². The minimum atomic E-state index is 0.471. The summed E-state index contributed by atoms with van der Waals surface area (Å²) in [5.74, 6) is 1.15. The van der Waals surface area contributed by atoms with E-state index in [0.717, 1.165) is 25.5 Å². The predicted octanol–water partition coefficient (Wildman–Crippen LogP) is 3.58. The van der Waals surface area contributed by atoms with E-state index >= 15 is 0 Å². The monoisotopic (exact) mass is 283 g/mol. The van der Waals surface area contributed by atoms with Crippen molar-refractivity contribution in [2.24, 2.45) is 5.41 Å². The number of anilines is 1. The average molecular weight is 283 g/mol. The van der Waals surface area contributed by atoms with Gasteiger partial charge in [-0.2, -0.15) is 0 Å². The van der Waals surface area contributed by atoms with Crippen LogP contribution in [0.1, 0.15) is 32.3 Å². The standard InChI is InChI=1S/C18H25N3/c1-18(2)8-10-21(11-9-18)17-16-7-5-4-6-15(16)14(12-19-3)13-20-17/h4-7,13,19H,8-12H2,1-3H3. The molecule has 0 radical (unpaired) electrons. The van der Waals surface area contributed by atoms with E-state index in [0.29, 0.717) is 5.41 Å². The van der Waals surface area contributed by atoms with Crippen LogP contribution in [-0.2, 0) is 6.54 Å². The van der Waals surface area contributed by atoms with Crippen molar-refractivity contribution >= 4 is 16.6 Å². The van der Waals surface area contributed by atoms with Crippen LogP contribution >= 0.6 is 0 Å². The smallest absolute Gasteiger partial charge is 0.136 e. The van der Waals surface area contributed by atoms with Crippen molar-refractivity contribution in [1.82, 2.24) is 10.3 Å². The van der Waals surface area contributed by atoms with E-state index in [2.05, 4.69) is 48.3 Å². The topological polar surface area (TPSA) is 28.2 Å². The lowest BCUT2D eigenvalue weighted by Gasteiger charge is -2.38. The number of benzene rings is 1. The Morgan fingerprint density at radius 1 is 1.14 bits per heavy atom. The Morgan fingerprint density at radius 2 is 1.81 bits per heavy atom. The number of pyridine rings is 1. The molecule has 3 nitrogen and oxygen atoms in total. The average Bonchev–Trinajstić information content (AvgIpc) is 2.48. The number of piperidine rings is 1. The number of rotatable bonds is 3. The normalized spacial score (nSPS) is 18.1. The van der Waals surface area contributed by atoms with Gasteiger partial charge in [-0.3, -0.25) is 0 Å². The fourth-order valence-corrected chi connectivity index (χ4v) is 3.14. The van der Waals surface area contributed by atoms with Gasteiger partial charge in [-0.15, -0.1) is 0 Å². The second-order valence-electron chi connectivity index (χ2n) is 6.83. The molecule has 1 N–H and O–H groups in total. The SMILES string of the molecule is CNCc1cnc(N2CCC(C)(C)CC2)c2ccccc12. The van der Waals surface area contributed by atoms with Gasteiger partial charge in [-0.1, -0.05) is 38.1 Å². The molecule has 2 heterocycles. The van der Waals surface area contributed by atoms with Gasteiger partial charge in [0.25, 0.3) is 0 Å². The Hall–Kier alpha value is -1.61. The Labute approximate surface area is 127 Å². The minimum absolute atomic E-state index is 0.471. The second-order valence-corrected chi connectivity index (χ2v) is 6.83. The van der Waals surface area contributed by atoms with E-state index < -0.39 is 0 Å². The third-order valence-electron chi connectivity index (χ3n) is 4.64. The molecule has 0 spiro atoms. The zero-order valence-electron chi connectivity index (χ0n) is 13.3. The first-order valence-electron chi connectivity index (χ1n) is 7.87. The van der Waals surface area contributed by atoms with Crippen LogP contribution in [0.4, 0.5) is 5.82 Å². The molecule has 1 aromatic heterocycles. The predicted molar refractivity (Wildman–Crippen MR) is 89.7 cm³/mol. The van der Waals surface area contributed by atoms with E-state index in [-0.39, 0.29) is 0 Å². The Morgan fingerprint density at radius 3 is 2.48 bits per heavy atom. The molecule has 2 aromatic rings. The number of hydrogen-bond donors (Lipinski definition) is 1. The molecule has 1 saturated heterocycles. The number of fused-ring (bicyclic) bond motifs is 1. The summed E-state index contributed by atoms with van der Waals surface area (Å²) in [4.78, 5) is 7.24. The van der Waals surface area contributed by atoms with Gasteiger partial charge >= 0.3 is 0 Å². The molecule has 3 heteroatoms. The first kappa shape index (κ1) is 14.3. The number of hydrogen-bond acceptors (Lipinski definition) is 3. The molecule has 0 amide bonds. The number of nitrogens with one attached hydrogen (secondary N) is 1. The molecular formula is C18H25N3. The highest BCUT2D eigenvalue weighted by Gasteiger charge is 2.26. The van der Waals surface area contributed by atoms with Crippen LogP contribution in [0.5, 0.6) is 0 Å². The summed E-state index contributed by atoms with van der Waals surface area (Å²) in [5, 5.41) is 5.84. The maximum Gasteiger partial charge on any atom is 0.136 e. The van der Waals surface area contributed by atoms with Gasteiger partial charge in [0.15, 0.2) is 0 Å². The lowest BCUT2D eigenvalue weighted by molar-refractivity contribution is 0.279. The maximum atomic E-state index is 4.78. The lowest BCUT2D eigenvalue weighted by Crippen LogP contribution is -2.37. The van der Waals surface area contributed by atoms with Gasteiger partial charge in [0, 0.05) is 31.2 Å². The van der Waals surface area contributed by atoms with Gasteiger partial charge in [0.1, 0.15) is 5.82 Å². The lowest BCUT2D eigenvalue weighted by atomic mass is 9.82. The largest absolute Gasteiger partial charge is 0.356 e. The van der Waals surface area contributed by atoms with Crippen LogP contribution in [0, 0.1) is 5.41 Å². The summed E-state index contributed by atoms with van der Waals surface area (Å²) in [6.07, 6.45) is 4.51. The summed E-state index contributed by atoms with van der Waals surface area (Å²) in [5.41, 5.74) is 1.74. The molecule has 0 atom stereocenters. The highest BCUT2D eigenvalue weighted by atomic mass is 15.2. The van der Waals surface area contributed by atoms with E-state index in [1.165, 1.54) is 29.2 Å². The summed E-state index contributed by atoms with van der Waals surface area (Å²) in [6.45, 7) is 7.81. The molecular weight excluding hydrogens is 258 g/mol. The Kier molecular flexibility index (Phi) is 3.85. The van der Waals surface area contributed by atoms with Crippen molar-refractivity contribution in [3.05, 3.63) is 36.0 Å². The summed E-state index contributed by atoms with van der Waals surface area (Å²) >= 11 is 0. The zero-order valence-corrected chi connectivity index (χ0v) is 13.3. The Balaban J connectivity index is 1.98. The van der Waals surface area contributed by atoms with Crippen molar-refractivity contribution in [3.8, 4) is 0 Å². The van der Waals surface area contributed by atoms with Gasteiger partial charge < -0.3 is 10.2 Å². The molecule has 0 bridgehead atoms. The molecule has 1 aromatic carbocycles. The maximum absolute atomic E-state index is 4.78. The summed E-state index contributed by atoms with van der Waals surface area (Å²) < 4.78 is 0. The van der Waals surface area contributed by atoms with E-state index in [9.17, 15) is 0 Å². The third-order valence-corrected chi connectivity index (χ3v) is 4.64. The molecule has 0 unspecified atom stereocenters. The Bertz CT molecular complexity index is 623. The molecule has 0 aliphatic carbocycles. The van der Waals surface area contributed by atoms with Crippen molar-refractivity contribution in [3.63, 3.8) is 0 Å². The fraction of sp³-hybridized carbons (Fsp3) is 0.500. The van der Waals surface area contributed by atoms with Crippen LogP contribution in [0.15, 0.2) is 30.5 Å². The van der Waals surface area contributed by atoms with Crippen LogP contribution in [0.2, 0.25) is 0 Å². The van der Waals surface area contributed by atoms with Gasteiger partial charge in [0.2, 0.25) is 0 Å². The fourth-order valence-electron chi connectivity index (χ4n) is 3.14. The highest BCUT2D eigenvalue weighted by Crippen LogP contribution is 2.34. The van der Waals surface area contributed by atoms with E-state index in [1.54, 1.807) is 0 Å². The van der Waals surface area contributed by atoms with Crippen molar-refractivity contribution < 1.29 is 0 Å². The summed E-state index contributed by atoms with van der Waals surface area (Å²) in [6, 6.07) is 8.65. The van der Waals surface area contributed by atoms with Gasteiger partial charge in [0.05, 0.1) is 0 Å². The highest BCUT2D eigenvalue weighted by molar-refractivity contribution is 5.94. The van der Waals surface area contributed by atoms with E-state index in [4.69, 9.17) is 4.98 Å². The van der Waals surface area contributed by atoms with Gasteiger partial charge in [-0.25, -0.2) is 4.98 Å². The van der Waals surface area contributed by atoms with E-state index in [1.807, 2.05) is 13.2 Å². The molecule has 0 saturated carbocycles. The third kappa shape index (κ3) is 2.88. The quantitative estimate of drug-likeness (QED) is 0.933.